The summed E-state index contributed by atoms with van der Waals surface area (Å²) in [6.45, 7) is 7.88. The second-order valence-electron chi connectivity index (χ2n) is 6.47. The molecular formula is C14H25NO3. The Bertz CT molecular complexity index is 316. The van der Waals surface area contributed by atoms with Crippen molar-refractivity contribution in [3.63, 3.8) is 0 Å². The molecule has 2 aliphatic heterocycles. The number of hydrogen-bond acceptors (Lipinski definition) is 3. The molecule has 2 heterocycles. The van der Waals surface area contributed by atoms with Gasteiger partial charge in [-0.05, 0) is 44.6 Å². The fourth-order valence-electron chi connectivity index (χ4n) is 3.47. The molecule has 0 saturated carbocycles. The van der Waals surface area contributed by atoms with Crippen LogP contribution >= 0.6 is 0 Å². The Hall–Kier alpha value is -0.610. The maximum absolute atomic E-state index is 11.5. The molecule has 3 atom stereocenters. The first kappa shape index (κ1) is 13.8. The molecule has 18 heavy (non-hydrogen) atoms. The van der Waals surface area contributed by atoms with E-state index in [0.29, 0.717) is 6.10 Å². The molecule has 0 amide bonds. The fraction of sp³-hybridized carbons (Fsp3) is 0.929. The molecular weight excluding hydrogens is 230 g/mol. The lowest BCUT2D eigenvalue weighted by atomic mass is 9.76. The lowest BCUT2D eigenvalue weighted by molar-refractivity contribution is -0.151. The number of carboxylic acids is 1. The van der Waals surface area contributed by atoms with Crippen LogP contribution in [-0.4, -0.2) is 47.3 Å². The Morgan fingerprint density at radius 2 is 2.17 bits per heavy atom. The van der Waals surface area contributed by atoms with Gasteiger partial charge in [0.15, 0.2) is 0 Å². The minimum absolute atomic E-state index is 0.145. The number of ether oxygens (including phenoxy) is 1. The molecule has 104 valence electrons. The van der Waals surface area contributed by atoms with Crippen LogP contribution in [0.3, 0.4) is 0 Å². The molecule has 0 radical (unpaired) electrons. The topological polar surface area (TPSA) is 49.8 Å². The van der Waals surface area contributed by atoms with Crippen LogP contribution in [0.5, 0.6) is 0 Å². The molecule has 2 aliphatic rings. The number of likely N-dealkylation sites (tertiary alicyclic amines) is 1. The second-order valence-corrected chi connectivity index (χ2v) is 6.47. The second kappa shape index (κ2) is 5.17. The summed E-state index contributed by atoms with van der Waals surface area (Å²) in [6, 6.07) is -0.370. The van der Waals surface area contributed by atoms with E-state index in [1.807, 2.05) is 0 Å². The lowest BCUT2D eigenvalue weighted by Gasteiger charge is -2.44. The van der Waals surface area contributed by atoms with Gasteiger partial charge >= 0.3 is 5.97 Å². The summed E-state index contributed by atoms with van der Waals surface area (Å²) in [5.41, 5.74) is -0.145. The highest BCUT2D eigenvalue weighted by Crippen LogP contribution is 2.36. The number of rotatable bonds is 3. The monoisotopic (exact) mass is 255 g/mol. The molecule has 2 fully saturated rings. The van der Waals surface area contributed by atoms with E-state index in [9.17, 15) is 9.90 Å². The van der Waals surface area contributed by atoms with Crippen molar-refractivity contribution in [2.45, 2.75) is 64.7 Å². The van der Waals surface area contributed by atoms with Crippen molar-refractivity contribution in [2.75, 3.05) is 13.1 Å². The molecule has 1 N–H and O–H groups in total. The minimum Gasteiger partial charge on any atom is -0.480 e. The predicted octanol–water partition coefficient (Wildman–Crippen LogP) is 2.13. The SMILES string of the molecule is CC1CCC(CN2CCCC(C)(C)C2C(=O)O)O1. The van der Waals surface area contributed by atoms with E-state index < -0.39 is 5.97 Å². The van der Waals surface area contributed by atoms with Gasteiger partial charge in [0.25, 0.3) is 0 Å². The van der Waals surface area contributed by atoms with Gasteiger partial charge in [-0.1, -0.05) is 13.8 Å². The molecule has 0 aromatic heterocycles. The third-order valence-corrected chi connectivity index (χ3v) is 4.36. The van der Waals surface area contributed by atoms with Crippen molar-refractivity contribution < 1.29 is 14.6 Å². The van der Waals surface area contributed by atoms with Crippen LogP contribution in [0, 0.1) is 5.41 Å². The van der Waals surface area contributed by atoms with Gasteiger partial charge in [-0.25, -0.2) is 0 Å². The highest BCUT2D eigenvalue weighted by atomic mass is 16.5. The summed E-state index contributed by atoms with van der Waals surface area (Å²) in [5.74, 6) is -0.689. The van der Waals surface area contributed by atoms with E-state index in [1.54, 1.807) is 0 Å². The molecule has 2 saturated heterocycles. The van der Waals surface area contributed by atoms with Crippen LogP contribution in [0.15, 0.2) is 0 Å². The summed E-state index contributed by atoms with van der Waals surface area (Å²) >= 11 is 0. The number of aliphatic carboxylic acids is 1. The third kappa shape index (κ3) is 2.86. The van der Waals surface area contributed by atoms with E-state index in [1.165, 1.54) is 0 Å². The molecule has 0 bridgehead atoms. The Morgan fingerprint density at radius 3 is 2.72 bits per heavy atom. The summed E-state index contributed by atoms with van der Waals surface area (Å²) in [5, 5.41) is 9.49. The van der Waals surface area contributed by atoms with Crippen molar-refractivity contribution in [3.8, 4) is 0 Å². The van der Waals surface area contributed by atoms with E-state index in [4.69, 9.17) is 4.74 Å². The Balaban J connectivity index is 2.03. The van der Waals surface area contributed by atoms with Gasteiger partial charge in [0, 0.05) is 6.54 Å². The highest BCUT2D eigenvalue weighted by molar-refractivity contribution is 5.74. The first-order valence-corrected chi connectivity index (χ1v) is 7.02. The maximum atomic E-state index is 11.5. The summed E-state index contributed by atoms with van der Waals surface area (Å²) in [7, 11) is 0. The van der Waals surface area contributed by atoms with E-state index in [2.05, 4.69) is 25.7 Å². The zero-order valence-electron chi connectivity index (χ0n) is 11.7. The third-order valence-electron chi connectivity index (χ3n) is 4.36. The number of hydrogen-bond donors (Lipinski definition) is 1. The zero-order valence-corrected chi connectivity index (χ0v) is 11.7. The first-order chi connectivity index (χ1) is 8.40. The zero-order chi connectivity index (χ0) is 13.3. The minimum atomic E-state index is -0.689. The van der Waals surface area contributed by atoms with Gasteiger partial charge in [0.05, 0.1) is 12.2 Å². The van der Waals surface area contributed by atoms with Crippen molar-refractivity contribution >= 4 is 5.97 Å². The van der Waals surface area contributed by atoms with E-state index in [0.717, 1.165) is 38.8 Å². The molecule has 0 aliphatic carbocycles. The molecule has 0 aromatic carbocycles. The summed E-state index contributed by atoms with van der Waals surface area (Å²) < 4.78 is 5.83. The first-order valence-electron chi connectivity index (χ1n) is 7.02. The van der Waals surface area contributed by atoms with E-state index >= 15 is 0 Å². The van der Waals surface area contributed by atoms with Gasteiger partial charge in [-0.15, -0.1) is 0 Å². The van der Waals surface area contributed by atoms with Crippen molar-refractivity contribution in [1.29, 1.82) is 0 Å². The number of carboxylic acid groups (broad SMARTS) is 1. The molecule has 2 rings (SSSR count). The van der Waals surface area contributed by atoms with Crippen LogP contribution < -0.4 is 0 Å². The van der Waals surface area contributed by atoms with Crippen LogP contribution in [0.1, 0.15) is 46.5 Å². The van der Waals surface area contributed by atoms with Crippen molar-refractivity contribution in [2.24, 2.45) is 5.41 Å². The molecule has 0 spiro atoms. The Morgan fingerprint density at radius 1 is 1.44 bits per heavy atom. The maximum Gasteiger partial charge on any atom is 0.321 e. The normalized spacial score (nSPS) is 36.7. The largest absolute Gasteiger partial charge is 0.480 e. The molecule has 4 nitrogen and oxygen atoms in total. The van der Waals surface area contributed by atoms with Crippen LogP contribution in [-0.2, 0) is 9.53 Å². The average Bonchev–Trinajstić information content (AvgIpc) is 2.61. The molecule has 0 aromatic rings. The average molecular weight is 255 g/mol. The highest BCUT2D eigenvalue weighted by Gasteiger charge is 2.43. The number of nitrogens with zero attached hydrogens (tertiary/aromatic N) is 1. The number of piperidine rings is 1. The van der Waals surface area contributed by atoms with Gasteiger partial charge < -0.3 is 9.84 Å². The van der Waals surface area contributed by atoms with Crippen LogP contribution in [0.2, 0.25) is 0 Å². The van der Waals surface area contributed by atoms with Crippen molar-refractivity contribution in [1.82, 2.24) is 4.90 Å². The van der Waals surface area contributed by atoms with Gasteiger partial charge in [0.2, 0.25) is 0 Å². The van der Waals surface area contributed by atoms with Crippen molar-refractivity contribution in [3.05, 3.63) is 0 Å². The predicted molar refractivity (Wildman–Crippen MR) is 69.6 cm³/mol. The molecule has 3 unspecified atom stereocenters. The van der Waals surface area contributed by atoms with Gasteiger partial charge in [-0.2, -0.15) is 0 Å². The van der Waals surface area contributed by atoms with Crippen LogP contribution in [0.25, 0.3) is 0 Å². The van der Waals surface area contributed by atoms with Gasteiger partial charge in [-0.3, -0.25) is 9.69 Å². The molecule has 4 heteroatoms. The summed E-state index contributed by atoms with van der Waals surface area (Å²) in [4.78, 5) is 13.7. The lowest BCUT2D eigenvalue weighted by Crippen LogP contribution is -2.55. The van der Waals surface area contributed by atoms with Gasteiger partial charge in [0.1, 0.15) is 6.04 Å². The van der Waals surface area contributed by atoms with Crippen LogP contribution in [0.4, 0.5) is 0 Å². The smallest absolute Gasteiger partial charge is 0.321 e. The number of carbonyl (C=O) groups is 1. The van der Waals surface area contributed by atoms with E-state index in [-0.39, 0.29) is 17.6 Å². The standard InChI is InChI=1S/C14H25NO3/c1-10-5-6-11(18-10)9-15-8-4-7-14(2,3)12(15)13(16)17/h10-12H,4-9H2,1-3H3,(H,16,17). The quantitative estimate of drug-likeness (QED) is 0.839. The summed E-state index contributed by atoms with van der Waals surface area (Å²) in [6.07, 6.45) is 4.78. The Labute approximate surface area is 109 Å². The fourth-order valence-corrected chi connectivity index (χ4v) is 3.47. The Kier molecular flexibility index (Phi) is 3.97.